The van der Waals surface area contributed by atoms with Gasteiger partial charge in [-0.1, -0.05) is 12.1 Å². The van der Waals surface area contributed by atoms with Crippen LogP contribution < -0.4 is 10.1 Å². The van der Waals surface area contributed by atoms with Crippen LogP contribution in [-0.4, -0.2) is 38.8 Å². The Morgan fingerprint density at radius 1 is 1.07 bits per heavy atom. The lowest BCUT2D eigenvalue weighted by molar-refractivity contribution is -0.120. The number of ether oxygens (including phenoxy) is 1. The zero-order chi connectivity index (χ0) is 21.1. The number of methoxy groups -OCH3 is 1. The first-order valence-electron chi connectivity index (χ1n) is 10.5. The van der Waals surface area contributed by atoms with Crippen molar-refractivity contribution in [1.82, 2.24) is 4.31 Å². The number of nitrogens with one attached hydrogen (secondary N) is 1. The second-order valence-electron chi connectivity index (χ2n) is 8.02. The number of hydrogen-bond acceptors (Lipinski definition) is 4. The van der Waals surface area contributed by atoms with Crippen molar-refractivity contribution in [3.05, 3.63) is 53.6 Å². The van der Waals surface area contributed by atoms with Crippen molar-refractivity contribution < 1.29 is 17.9 Å². The molecule has 0 aromatic heterocycles. The Bertz CT molecular complexity index is 1020. The van der Waals surface area contributed by atoms with Gasteiger partial charge in [-0.2, -0.15) is 4.31 Å². The molecule has 2 aliphatic rings. The second-order valence-corrected chi connectivity index (χ2v) is 9.96. The van der Waals surface area contributed by atoms with Crippen molar-refractivity contribution in [1.29, 1.82) is 0 Å². The molecule has 1 heterocycles. The Hall–Kier alpha value is -2.38. The van der Waals surface area contributed by atoms with Crippen LogP contribution >= 0.6 is 0 Å². The Labute approximate surface area is 178 Å². The number of rotatable bonds is 5. The SMILES string of the molecule is COc1ccc(S(=O)(=O)N2CCCC(C(=O)Nc3cccc4c3CCCC4)C2)cc1. The smallest absolute Gasteiger partial charge is 0.243 e. The van der Waals surface area contributed by atoms with Gasteiger partial charge in [0.05, 0.1) is 17.9 Å². The Balaban J connectivity index is 1.48. The van der Waals surface area contributed by atoms with Gasteiger partial charge in [0.1, 0.15) is 5.75 Å². The molecule has 0 bridgehead atoms. The van der Waals surface area contributed by atoms with Crippen LogP contribution in [0.5, 0.6) is 5.75 Å². The van der Waals surface area contributed by atoms with Gasteiger partial charge in [-0.15, -0.1) is 0 Å². The van der Waals surface area contributed by atoms with Gasteiger partial charge in [0.15, 0.2) is 0 Å². The summed E-state index contributed by atoms with van der Waals surface area (Å²) in [6.07, 6.45) is 5.71. The minimum Gasteiger partial charge on any atom is -0.497 e. The maximum atomic E-state index is 13.1. The van der Waals surface area contributed by atoms with E-state index in [0.29, 0.717) is 25.1 Å². The zero-order valence-corrected chi connectivity index (χ0v) is 18.1. The van der Waals surface area contributed by atoms with Gasteiger partial charge in [0, 0.05) is 18.8 Å². The minimum absolute atomic E-state index is 0.0939. The molecule has 1 fully saturated rings. The van der Waals surface area contributed by atoms with Crippen molar-refractivity contribution in [2.75, 3.05) is 25.5 Å². The summed E-state index contributed by atoms with van der Waals surface area (Å²) in [5, 5.41) is 3.09. The summed E-state index contributed by atoms with van der Waals surface area (Å²) >= 11 is 0. The molecule has 1 aliphatic carbocycles. The standard InChI is InChI=1S/C23H28N2O4S/c1-29-19-11-13-20(14-12-19)30(27,28)25-15-5-8-18(16-25)23(26)24-22-10-4-7-17-6-2-3-9-21(17)22/h4,7,10-14,18H,2-3,5-6,8-9,15-16H2,1H3,(H,24,26). The van der Waals surface area contributed by atoms with Gasteiger partial charge >= 0.3 is 0 Å². The van der Waals surface area contributed by atoms with E-state index in [1.54, 1.807) is 31.4 Å². The van der Waals surface area contributed by atoms with Crippen molar-refractivity contribution in [2.24, 2.45) is 5.92 Å². The highest BCUT2D eigenvalue weighted by Crippen LogP contribution is 2.30. The predicted molar refractivity (Wildman–Crippen MR) is 116 cm³/mol. The van der Waals surface area contributed by atoms with Gasteiger partial charge in [-0.3, -0.25) is 4.79 Å². The predicted octanol–water partition coefficient (Wildman–Crippen LogP) is 3.61. The molecule has 30 heavy (non-hydrogen) atoms. The molecule has 160 valence electrons. The first-order valence-corrected chi connectivity index (χ1v) is 12.0. The van der Waals surface area contributed by atoms with Crippen molar-refractivity contribution in [3.63, 3.8) is 0 Å². The average molecular weight is 429 g/mol. The molecule has 6 nitrogen and oxygen atoms in total. The average Bonchev–Trinajstić information content (AvgIpc) is 2.79. The molecule has 2 aromatic rings. The van der Waals surface area contributed by atoms with Gasteiger partial charge in [0.25, 0.3) is 0 Å². The highest BCUT2D eigenvalue weighted by Gasteiger charge is 2.33. The molecule has 4 rings (SSSR count). The molecule has 0 spiro atoms. The first-order chi connectivity index (χ1) is 14.5. The van der Waals surface area contributed by atoms with Crippen molar-refractivity contribution in [2.45, 2.75) is 43.4 Å². The summed E-state index contributed by atoms with van der Waals surface area (Å²) in [7, 11) is -2.10. The molecule has 7 heteroatoms. The lowest BCUT2D eigenvalue weighted by Crippen LogP contribution is -2.43. The number of aryl methyl sites for hydroxylation is 1. The molecule has 1 amide bonds. The molecule has 2 aromatic carbocycles. The van der Waals surface area contributed by atoms with E-state index in [1.807, 2.05) is 12.1 Å². The number of piperidine rings is 1. The molecular formula is C23H28N2O4S. The molecule has 1 aliphatic heterocycles. The molecule has 0 saturated carbocycles. The lowest BCUT2D eigenvalue weighted by atomic mass is 9.90. The Morgan fingerprint density at radius 2 is 1.83 bits per heavy atom. The van der Waals surface area contributed by atoms with Crippen molar-refractivity contribution in [3.8, 4) is 5.75 Å². The fourth-order valence-electron chi connectivity index (χ4n) is 4.40. The third-order valence-corrected chi connectivity index (χ3v) is 7.99. The summed E-state index contributed by atoms with van der Waals surface area (Å²) in [6.45, 7) is 0.633. The van der Waals surface area contributed by atoms with E-state index in [0.717, 1.165) is 24.9 Å². The van der Waals surface area contributed by atoms with Gasteiger partial charge < -0.3 is 10.1 Å². The highest BCUT2D eigenvalue weighted by atomic mass is 32.2. The number of carbonyl (C=O) groups is 1. The van der Waals surface area contributed by atoms with E-state index < -0.39 is 10.0 Å². The number of nitrogens with zero attached hydrogens (tertiary/aromatic N) is 1. The maximum absolute atomic E-state index is 13.1. The summed E-state index contributed by atoms with van der Waals surface area (Å²) in [5.74, 6) is 0.158. The zero-order valence-electron chi connectivity index (χ0n) is 17.3. The normalized spacial score (nSPS) is 19.7. The maximum Gasteiger partial charge on any atom is 0.243 e. The van der Waals surface area contributed by atoms with Crippen LogP contribution in [-0.2, 0) is 27.7 Å². The summed E-state index contributed by atoms with van der Waals surface area (Å²) in [5.41, 5.74) is 3.43. The molecular weight excluding hydrogens is 400 g/mol. The van der Waals surface area contributed by atoms with E-state index >= 15 is 0 Å². The van der Waals surface area contributed by atoms with E-state index in [1.165, 1.54) is 21.9 Å². The van der Waals surface area contributed by atoms with Crippen LogP contribution in [0.25, 0.3) is 0 Å². The highest BCUT2D eigenvalue weighted by molar-refractivity contribution is 7.89. The molecule has 1 N–H and O–H groups in total. The molecule has 0 radical (unpaired) electrons. The van der Waals surface area contributed by atoms with Gasteiger partial charge in [0.2, 0.25) is 15.9 Å². The molecule has 1 saturated heterocycles. The number of amides is 1. The van der Waals surface area contributed by atoms with Crippen LogP contribution in [0.4, 0.5) is 5.69 Å². The van der Waals surface area contributed by atoms with E-state index in [-0.39, 0.29) is 23.3 Å². The quantitative estimate of drug-likeness (QED) is 0.789. The largest absolute Gasteiger partial charge is 0.497 e. The van der Waals surface area contributed by atoms with Crippen LogP contribution in [0.15, 0.2) is 47.4 Å². The summed E-state index contributed by atoms with van der Waals surface area (Å²) in [6, 6.07) is 12.5. The third kappa shape index (κ3) is 4.23. The van der Waals surface area contributed by atoms with Crippen LogP contribution in [0.1, 0.15) is 36.8 Å². The summed E-state index contributed by atoms with van der Waals surface area (Å²) < 4.78 is 32.7. The van der Waals surface area contributed by atoms with E-state index in [2.05, 4.69) is 11.4 Å². The number of anilines is 1. The number of benzene rings is 2. The van der Waals surface area contributed by atoms with E-state index in [9.17, 15) is 13.2 Å². The summed E-state index contributed by atoms with van der Waals surface area (Å²) in [4.78, 5) is 13.2. The fourth-order valence-corrected chi connectivity index (χ4v) is 5.93. The Kier molecular flexibility index (Phi) is 6.11. The molecule has 1 unspecified atom stereocenters. The first kappa shape index (κ1) is 20.9. The Morgan fingerprint density at radius 3 is 2.60 bits per heavy atom. The minimum atomic E-state index is -3.64. The molecule has 1 atom stereocenters. The van der Waals surface area contributed by atoms with Crippen molar-refractivity contribution >= 4 is 21.6 Å². The van der Waals surface area contributed by atoms with Crippen LogP contribution in [0.2, 0.25) is 0 Å². The second kappa shape index (κ2) is 8.78. The lowest BCUT2D eigenvalue weighted by Gasteiger charge is -2.31. The van der Waals surface area contributed by atoms with Gasteiger partial charge in [-0.25, -0.2) is 8.42 Å². The van der Waals surface area contributed by atoms with E-state index in [4.69, 9.17) is 4.74 Å². The number of sulfonamides is 1. The fraction of sp³-hybridized carbons (Fsp3) is 0.435. The van der Waals surface area contributed by atoms with Crippen LogP contribution in [0.3, 0.4) is 0 Å². The topological polar surface area (TPSA) is 75.7 Å². The van der Waals surface area contributed by atoms with Crippen LogP contribution in [0, 0.1) is 5.92 Å². The third-order valence-electron chi connectivity index (χ3n) is 6.11. The van der Waals surface area contributed by atoms with Gasteiger partial charge in [-0.05, 0) is 80.0 Å². The number of hydrogen-bond donors (Lipinski definition) is 1. The number of carbonyl (C=O) groups excluding carboxylic acids is 1. The monoisotopic (exact) mass is 428 g/mol. The number of fused-ring (bicyclic) bond motifs is 1.